The number of nitrogens with two attached hydrogens (primary N) is 1. The number of para-hydroxylation sites is 1. The van der Waals surface area contributed by atoms with Gasteiger partial charge in [-0.3, -0.25) is 0 Å². The zero-order valence-corrected chi connectivity index (χ0v) is 10.00. The van der Waals surface area contributed by atoms with Crippen molar-refractivity contribution in [3.05, 3.63) is 48.7 Å². The van der Waals surface area contributed by atoms with Crippen molar-refractivity contribution in [2.45, 2.75) is 0 Å². The molecule has 3 rings (SSSR count). The molecule has 1 heterocycles. The Labute approximate surface area is 105 Å². The molecule has 0 saturated carbocycles. The molecule has 3 aromatic rings. The van der Waals surface area contributed by atoms with Crippen molar-refractivity contribution in [1.82, 2.24) is 9.78 Å². The van der Waals surface area contributed by atoms with E-state index in [1.54, 1.807) is 13.2 Å². The van der Waals surface area contributed by atoms with Crippen molar-refractivity contribution in [3.63, 3.8) is 0 Å². The van der Waals surface area contributed by atoms with Crippen LogP contribution < -0.4 is 10.5 Å². The molecule has 18 heavy (non-hydrogen) atoms. The molecule has 0 atom stereocenters. The van der Waals surface area contributed by atoms with Gasteiger partial charge in [0.15, 0.2) is 0 Å². The zero-order valence-electron chi connectivity index (χ0n) is 10.00. The number of methoxy groups -OCH3 is 1. The highest BCUT2D eigenvalue weighted by molar-refractivity contribution is 5.80. The number of ether oxygens (including phenoxy) is 1. The van der Waals surface area contributed by atoms with Crippen LogP contribution in [0.4, 0.5) is 5.69 Å². The summed E-state index contributed by atoms with van der Waals surface area (Å²) < 4.78 is 7.21. The normalized spacial score (nSPS) is 10.7. The minimum absolute atomic E-state index is 0.673. The van der Waals surface area contributed by atoms with E-state index >= 15 is 0 Å². The van der Waals surface area contributed by atoms with Gasteiger partial charge in [-0.25, -0.2) is 4.68 Å². The van der Waals surface area contributed by atoms with E-state index in [-0.39, 0.29) is 0 Å². The van der Waals surface area contributed by atoms with Gasteiger partial charge in [-0.1, -0.05) is 18.2 Å². The molecule has 2 N–H and O–H groups in total. The van der Waals surface area contributed by atoms with Gasteiger partial charge >= 0.3 is 0 Å². The summed E-state index contributed by atoms with van der Waals surface area (Å²) in [5.74, 6) is 0.712. The maximum absolute atomic E-state index is 5.76. The summed E-state index contributed by atoms with van der Waals surface area (Å²) in [4.78, 5) is 0. The molecule has 0 aliphatic heterocycles. The number of anilines is 1. The zero-order chi connectivity index (χ0) is 12.5. The van der Waals surface area contributed by atoms with Crippen LogP contribution in [0.1, 0.15) is 0 Å². The number of aromatic nitrogens is 2. The monoisotopic (exact) mass is 239 g/mol. The molecule has 0 amide bonds. The van der Waals surface area contributed by atoms with E-state index in [1.807, 2.05) is 47.3 Å². The number of benzene rings is 2. The Morgan fingerprint density at radius 1 is 1.17 bits per heavy atom. The SMILES string of the molecule is COc1cc(N)ccc1-n1ncc2ccccc21. The Morgan fingerprint density at radius 3 is 2.83 bits per heavy atom. The number of nitrogen functional groups attached to an aromatic ring is 1. The first kappa shape index (κ1) is 10.7. The third-order valence-corrected chi connectivity index (χ3v) is 2.91. The van der Waals surface area contributed by atoms with Crippen LogP contribution in [0.15, 0.2) is 48.7 Å². The van der Waals surface area contributed by atoms with Crippen molar-refractivity contribution in [2.24, 2.45) is 0 Å². The second-order valence-corrected chi connectivity index (χ2v) is 4.05. The topological polar surface area (TPSA) is 53.1 Å². The van der Waals surface area contributed by atoms with E-state index < -0.39 is 0 Å². The second-order valence-electron chi connectivity index (χ2n) is 4.05. The van der Waals surface area contributed by atoms with Crippen molar-refractivity contribution in [2.75, 3.05) is 12.8 Å². The smallest absolute Gasteiger partial charge is 0.146 e. The maximum atomic E-state index is 5.76. The molecule has 0 fully saturated rings. The average molecular weight is 239 g/mol. The number of rotatable bonds is 2. The molecule has 0 unspecified atom stereocenters. The predicted octanol–water partition coefficient (Wildman–Crippen LogP) is 2.62. The highest BCUT2D eigenvalue weighted by Gasteiger charge is 2.09. The third kappa shape index (κ3) is 1.59. The minimum Gasteiger partial charge on any atom is -0.494 e. The largest absolute Gasteiger partial charge is 0.494 e. The van der Waals surface area contributed by atoms with Gasteiger partial charge in [0, 0.05) is 17.1 Å². The lowest BCUT2D eigenvalue weighted by Gasteiger charge is -2.10. The molecule has 0 bridgehead atoms. The van der Waals surface area contributed by atoms with Crippen LogP contribution in [0.3, 0.4) is 0 Å². The minimum atomic E-state index is 0.673. The van der Waals surface area contributed by atoms with E-state index in [0.717, 1.165) is 16.6 Å². The Morgan fingerprint density at radius 2 is 2.00 bits per heavy atom. The van der Waals surface area contributed by atoms with Crippen molar-refractivity contribution in [3.8, 4) is 11.4 Å². The van der Waals surface area contributed by atoms with E-state index in [2.05, 4.69) is 5.10 Å². The second kappa shape index (κ2) is 4.07. The lowest BCUT2D eigenvalue weighted by atomic mass is 10.2. The van der Waals surface area contributed by atoms with Gasteiger partial charge in [-0.15, -0.1) is 0 Å². The summed E-state index contributed by atoms with van der Waals surface area (Å²) in [6.45, 7) is 0. The van der Waals surface area contributed by atoms with Crippen LogP contribution in [0.5, 0.6) is 5.75 Å². The van der Waals surface area contributed by atoms with Crippen LogP contribution in [-0.4, -0.2) is 16.9 Å². The molecule has 0 spiro atoms. The summed E-state index contributed by atoms with van der Waals surface area (Å²) in [5.41, 5.74) is 8.36. The number of hydrogen-bond donors (Lipinski definition) is 1. The molecule has 90 valence electrons. The van der Waals surface area contributed by atoms with Gasteiger partial charge in [0.25, 0.3) is 0 Å². The maximum Gasteiger partial charge on any atom is 0.146 e. The Bertz CT molecular complexity index is 703. The fraction of sp³-hybridized carbons (Fsp3) is 0.0714. The predicted molar refractivity (Wildman–Crippen MR) is 72.0 cm³/mol. The van der Waals surface area contributed by atoms with Gasteiger partial charge in [0.2, 0.25) is 0 Å². The van der Waals surface area contributed by atoms with Crippen molar-refractivity contribution >= 4 is 16.6 Å². The fourth-order valence-electron chi connectivity index (χ4n) is 2.03. The molecule has 0 saturated heterocycles. The standard InChI is InChI=1S/C14H13N3O/c1-18-14-8-11(15)6-7-13(14)17-12-5-3-2-4-10(12)9-16-17/h2-9H,15H2,1H3. The van der Waals surface area contributed by atoms with Crippen LogP contribution in [0.2, 0.25) is 0 Å². The molecule has 0 aliphatic rings. The van der Waals surface area contributed by atoms with E-state index in [1.165, 1.54) is 0 Å². The molecule has 4 heteroatoms. The number of nitrogens with zero attached hydrogens (tertiary/aromatic N) is 2. The fourth-order valence-corrected chi connectivity index (χ4v) is 2.03. The molecule has 4 nitrogen and oxygen atoms in total. The van der Waals surface area contributed by atoms with E-state index in [0.29, 0.717) is 11.4 Å². The van der Waals surface area contributed by atoms with Gasteiger partial charge in [-0.05, 0) is 18.2 Å². The van der Waals surface area contributed by atoms with Gasteiger partial charge in [0.05, 0.1) is 18.8 Å². The van der Waals surface area contributed by atoms with E-state index in [4.69, 9.17) is 10.5 Å². The first-order valence-corrected chi connectivity index (χ1v) is 5.66. The molecular weight excluding hydrogens is 226 g/mol. The highest BCUT2D eigenvalue weighted by Crippen LogP contribution is 2.27. The van der Waals surface area contributed by atoms with E-state index in [9.17, 15) is 0 Å². The first-order chi connectivity index (χ1) is 8.79. The molecular formula is C14H13N3O. The number of hydrogen-bond acceptors (Lipinski definition) is 3. The summed E-state index contributed by atoms with van der Waals surface area (Å²) in [6, 6.07) is 13.6. The lowest BCUT2D eigenvalue weighted by Crippen LogP contribution is -2.00. The Hall–Kier alpha value is -2.49. The van der Waals surface area contributed by atoms with Crippen molar-refractivity contribution < 1.29 is 4.74 Å². The first-order valence-electron chi connectivity index (χ1n) is 5.66. The molecule has 1 aromatic heterocycles. The summed E-state index contributed by atoms with van der Waals surface area (Å²) in [6.07, 6.45) is 1.84. The van der Waals surface area contributed by atoms with Gasteiger partial charge in [-0.2, -0.15) is 5.10 Å². The van der Waals surface area contributed by atoms with Crippen LogP contribution in [0.25, 0.3) is 16.6 Å². The third-order valence-electron chi connectivity index (χ3n) is 2.91. The molecule has 0 aliphatic carbocycles. The Kier molecular flexibility index (Phi) is 2.41. The quantitative estimate of drug-likeness (QED) is 0.699. The molecule has 0 radical (unpaired) electrons. The lowest BCUT2D eigenvalue weighted by molar-refractivity contribution is 0.412. The summed E-state index contributed by atoms with van der Waals surface area (Å²) in [7, 11) is 1.63. The number of fused-ring (bicyclic) bond motifs is 1. The van der Waals surface area contributed by atoms with Gasteiger partial charge in [0.1, 0.15) is 11.4 Å². The average Bonchev–Trinajstić information content (AvgIpc) is 2.82. The summed E-state index contributed by atoms with van der Waals surface area (Å²) in [5, 5.41) is 5.49. The Balaban J connectivity index is 2.26. The van der Waals surface area contributed by atoms with Crippen LogP contribution >= 0.6 is 0 Å². The summed E-state index contributed by atoms with van der Waals surface area (Å²) >= 11 is 0. The highest BCUT2D eigenvalue weighted by atomic mass is 16.5. The molecule has 2 aromatic carbocycles. The van der Waals surface area contributed by atoms with Crippen LogP contribution in [0, 0.1) is 0 Å². The van der Waals surface area contributed by atoms with Crippen LogP contribution in [-0.2, 0) is 0 Å². The van der Waals surface area contributed by atoms with Crippen molar-refractivity contribution in [1.29, 1.82) is 0 Å². The van der Waals surface area contributed by atoms with Gasteiger partial charge < -0.3 is 10.5 Å².